The number of fused-ring (bicyclic) bond motifs is 7. The highest BCUT2D eigenvalue weighted by atomic mass is 15.0. The SMILES string of the molecule is c1ccc(-c2nc3c(-c4ccccc4)cnc(-c4ccc(-n5c6ccccc6c6cc7c(cc65)c5ccccc5n7-c5ccccc5)cc4)c3nc2-c2ccccc2)cc1. The van der Waals surface area contributed by atoms with E-state index in [0.29, 0.717) is 0 Å². The van der Waals surface area contributed by atoms with Crippen LogP contribution in [0.1, 0.15) is 0 Å². The van der Waals surface area contributed by atoms with Gasteiger partial charge in [-0.3, -0.25) is 4.98 Å². The molecule has 0 N–H and O–H groups in total. The minimum Gasteiger partial charge on any atom is -0.309 e. The molecule has 4 aromatic heterocycles. The first-order valence-electron chi connectivity index (χ1n) is 20.3. The van der Waals surface area contributed by atoms with Crippen molar-refractivity contribution in [2.75, 3.05) is 0 Å². The molecule has 0 saturated heterocycles. The van der Waals surface area contributed by atoms with Crippen LogP contribution >= 0.6 is 0 Å². The fourth-order valence-electron chi connectivity index (χ4n) is 9.01. The van der Waals surface area contributed by atoms with E-state index in [1.165, 1.54) is 32.6 Å². The van der Waals surface area contributed by atoms with E-state index in [1.807, 2.05) is 24.4 Å². The Hall–Kier alpha value is -8.15. The molecule has 0 amide bonds. The standard InChI is InChI=1S/C55H35N5/c1-5-17-36(18-6-1)46-35-56-51(55-54(46)57-52(37-19-7-2-8-20-37)53(58-55)38-21-9-3-10-22-38)39-29-31-41(32-30-39)60-48-28-16-14-26-43(48)45-33-49-44(34-50(45)60)42-25-13-15-27-47(42)59(49)40-23-11-4-12-24-40/h1-35H. The van der Waals surface area contributed by atoms with Crippen LogP contribution in [0.15, 0.2) is 212 Å². The van der Waals surface area contributed by atoms with Gasteiger partial charge in [0, 0.05) is 61.4 Å². The van der Waals surface area contributed by atoms with E-state index < -0.39 is 0 Å². The van der Waals surface area contributed by atoms with Crippen LogP contribution in [-0.2, 0) is 0 Å². The summed E-state index contributed by atoms with van der Waals surface area (Å²) < 4.78 is 4.78. The fraction of sp³-hybridized carbons (Fsp3) is 0. The summed E-state index contributed by atoms with van der Waals surface area (Å²) in [6.45, 7) is 0. The van der Waals surface area contributed by atoms with Crippen molar-refractivity contribution >= 4 is 54.6 Å². The third kappa shape index (κ3) is 5.37. The summed E-state index contributed by atoms with van der Waals surface area (Å²) in [7, 11) is 0. The zero-order chi connectivity index (χ0) is 39.6. The van der Waals surface area contributed by atoms with Crippen molar-refractivity contribution in [3.8, 4) is 56.3 Å². The van der Waals surface area contributed by atoms with Crippen molar-refractivity contribution in [1.82, 2.24) is 24.1 Å². The van der Waals surface area contributed by atoms with Gasteiger partial charge in [-0.2, -0.15) is 0 Å². The molecule has 0 aliphatic rings. The number of pyridine rings is 1. The van der Waals surface area contributed by atoms with Crippen LogP contribution < -0.4 is 0 Å². The van der Waals surface area contributed by atoms with Crippen LogP contribution in [0.4, 0.5) is 0 Å². The largest absolute Gasteiger partial charge is 0.309 e. The second kappa shape index (κ2) is 13.8. The van der Waals surface area contributed by atoms with Gasteiger partial charge < -0.3 is 9.13 Å². The smallest absolute Gasteiger partial charge is 0.116 e. The van der Waals surface area contributed by atoms with Crippen molar-refractivity contribution in [3.05, 3.63) is 212 Å². The van der Waals surface area contributed by atoms with Gasteiger partial charge in [-0.05, 0) is 54.1 Å². The number of benzene rings is 8. The first kappa shape index (κ1) is 33.9. The fourth-order valence-corrected chi connectivity index (χ4v) is 9.01. The Balaban J connectivity index is 1.06. The second-order valence-electron chi connectivity index (χ2n) is 15.2. The third-order valence-electron chi connectivity index (χ3n) is 11.8. The van der Waals surface area contributed by atoms with Gasteiger partial charge >= 0.3 is 0 Å². The predicted molar refractivity (Wildman–Crippen MR) is 248 cm³/mol. The summed E-state index contributed by atoms with van der Waals surface area (Å²) >= 11 is 0. The van der Waals surface area contributed by atoms with Crippen LogP contribution in [0.2, 0.25) is 0 Å². The topological polar surface area (TPSA) is 48.5 Å². The van der Waals surface area contributed by atoms with Crippen LogP contribution in [0.3, 0.4) is 0 Å². The van der Waals surface area contributed by atoms with E-state index in [4.69, 9.17) is 15.0 Å². The molecule has 12 rings (SSSR count). The highest BCUT2D eigenvalue weighted by Crippen LogP contribution is 2.41. The van der Waals surface area contributed by atoms with Gasteiger partial charge in [-0.1, -0.05) is 158 Å². The summed E-state index contributed by atoms with van der Waals surface area (Å²) in [5, 5.41) is 4.88. The molecule has 0 aliphatic carbocycles. The highest BCUT2D eigenvalue weighted by Gasteiger charge is 2.21. The van der Waals surface area contributed by atoms with Gasteiger partial charge in [0.05, 0.1) is 39.1 Å². The Morgan fingerprint density at radius 3 is 1.25 bits per heavy atom. The maximum Gasteiger partial charge on any atom is 0.116 e. The van der Waals surface area contributed by atoms with Crippen molar-refractivity contribution in [2.24, 2.45) is 0 Å². The Bertz CT molecular complexity index is 3560. The molecule has 0 spiro atoms. The minimum atomic E-state index is 0.761. The molecule has 0 atom stereocenters. The average Bonchev–Trinajstić information content (AvgIpc) is 3.83. The number of hydrogen-bond acceptors (Lipinski definition) is 3. The van der Waals surface area contributed by atoms with E-state index in [1.54, 1.807) is 0 Å². The van der Waals surface area contributed by atoms with E-state index >= 15 is 0 Å². The number of nitrogens with zero attached hydrogens (tertiary/aromatic N) is 5. The van der Waals surface area contributed by atoms with Crippen LogP contribution in [0.5, 0.6) is 0 Å². The van der Waals surface area contributed by atoms with Crippen molar-refractivity contribution in [2.45, 2.75) is 0 Å². The number of aromatic nitrogens is 5. The monoisotopic (exact) mass is 765 g/mol. The Kier molecular flexibility index (Phi) is 7.78. The number of para-hydroxylation sites is 3. The Morgan fingerprint density at radius 1 is 0.300 bits per heavy atom. The van der Waals surface area contributed by atoms with Gasteiger partial charge in [0.2, 0.25) is 0 Å². The van der Waals surface area contributed by atoms with E-state index in [0.717, 1.165) is 78.3 Å². The molecule has 5 heteroatoms. The summed E-state index contributed by atoms with van der Waals surface area (Å²) in [6.07, 6.45) is 1.96. The van der Waals surface area contributed by atoms with Crippen LogP contribution in [0, 0.1) is 0 Å². The molecule has 280 valence electrons. The Labute approximate surface area is 346 Å². The normalized spacial score (nSPS) is 11.7. The third-order valence-corrected chi connectivity index (χ3v) is 11.8. The molecule has 8 aromatic carbocycles. The van der Waals surface area contributed by atoms with Gasteiger partial charge in [0.1, 0.15) is 11.0 Å². The van der Waals surface area contributed by atoms with E-state index in [-0.39, 0.29) is 0 Å². The zero-order valence-corrected chi connectivity index (χ0v) is 32.4. The summed E-state index contributed by atoms with van der Waals surface area (Å²) in [5.41, 5.74) is 15.9. The highest BCUT2D eigenvalue weighted by molar-refractivity contribution is 6.19. The molecule has 4 heterocycles. The van der Waals surface area contributed by atoms with Crippen molar-refractivity contribution in [3.63, 3.8) is 0 Å². The van der Waals surface area contributed by atoms with Crippen molar-refractivity contribution in [1.29, 1.82) is 0 Å². The molecule has 12 aromatic rings. The molecule has 0 unspecified atom stereocenters. The van der Waals surface area contributed by atoms with E-state index in [2.05, 4.69) is 197 Å². The van der Waals surface area contributed by atoms with Crippen molar-refractivity contribution < 1.29 is 0 Å². The molecule has 0 bridgehead atoms. The second-order valence-corrected chi connectivity index (χ2v) is 15.2. The summed E-state index contributed by atoms with van der Waals surface area (Å²) in [6, 6.07) is 72.7. The lowest BCUT2D eigenvalue weighted by atomic mass is 10.00. The molecule has 0 aliphatic heterocycles. The van der Waals surface area contributed by atoms with Crippen LogP contribution in [0.25, 0.3) is 111 Å². The molecule has 5 nitrogen and oxygen atoms in total. The first-order chi connectivity index (χ1) is 29.8. The summed E-state index contributed by atoms with van der Waals surface area (Å²) in [5.74, 6) is 0. The maximum absolute atomic E-state index is 5.48. The minimum absolute atomic E-state index is 0.761. The molecule has 0 saturated carbocycles. The average molecular weight is 766 g/mol. The molecule has 0 radical (unpaired) electrons. The molecule has 0 fully saturated rings. The summed E-state index contributed by atoms with van der Waals surface area (Å²) in [4.78, 5) is 16.1. The van der Waals surface area contributed by atoms with Crippen LogP contribution in [-0.4, -0.2) is 24.1 Å². The van der Waals surface area contributed by atoms with Gasteiger partial charge in [0.25, 0.3) is 0 Å². The molecular weight excluding hydrogens is 731 g/mol. The van der Waals surface area contributed by atoms with Gasteiger partial charge in [-0.15, -0.1) is 0 Å². The molecular formula is C55H35N5. The lowest BCUT2D eigenvalue weighted by Crippen LogP contribution is -2.00. The van der Waals surface area contributed by atoms with Gasteiger partial charge in [-0.25, -0.2) is 9.97 Å². The lowest BCUT2D eigenvalue weighted by Gasteiger charge is -2.15. The number of hydrogen-bond donors (Lipinski definition) is 0. The predicted octanol–water partition coefficient (Wildman–Crippen LogP) is 13.9. The lowest BCUT2D eigenvalue weighted by molar-refractivity contribution is 1.17. The van der Waals surface area contributed by atoms with Gasteiger partial charge in [0.15, 0.2) is 0 Å². The van der Waals surface area contributed by atoms with E-state index in [9.17, 15) is 0 Å². The maximum atomic E-state index is 5.48. The number of rotatable bonds is 6. The first-order valence-corrected chi connectivity index (χ1v) is 20.3. The Morgan fingerprint density at radius 2 is 0.717 bits per heavy atom. The zero-order valence-electron chi connectivity index (χ0n) is 32.4. The quantitative estimate of drug-likeness (QED) is 0.169. The molecule has 60 heavy (non-hydrogen) atoms.